The highest BCUT2D eigenvalue weighted by Gasteiger charge is 2.57. The molecule has 0 spiro atoms. The number of esters is 4. The van der Waals surface area contributed by atoms with Crippen molar-refractivity contribution in [3.8, 4) is 0 Å². The minimum atomic E-state index is -2.35. The molecule has 0 unspecified atom stereocenters. The molecule has 15 nitrogen and oxygen atoms in total. The molecule has 3 fully saturated rings. The van der Waals surface area contributed by atoms with Crippen LogP contribution in [0.25, 0.3) is 0 Å². The average molecular weight is 823 g/mol. The molecule has 15 heteroatoms. The molecule has 0 aromatic heterocycles. The third kappa shape index (κ3) is 14.2. The summed E-state index contributed by atoms with van der Waals surface area (Å²) in [5.74, 6) is -4.90. The Kier molecular flexibility index (Phi) is 18.8. The van der Waals surface area contributed by atoms with Gasteiger partial charge >= 0.3 is 23.9 Å². The van der Waals surface area contributed by atoms with E-state index in [0.717, 1.165) is 44.6 Å². The fourth-order valence-electron chi connectivity index (χ4n) is 8.08. The quantitative estimate of drug-likeness (QED) is 0.0750. The normalized spacial score (nSPS) is 34.5. The topological polar surface area (TPSA) is 203 Å². The first kappa shape index (κ1) is 47.5. The lowest BCUT2D eigenvalue weighted by Gasteiger charge is -2.51. The number of aliphatic hydroxyl groups excluding tert-OH is 2. The molecule has 4 heterocycles. The number of unbranched alkanes of at least 4 members (excludes halogenated alkanes) is 4. The van der Waals surface area contributed by atoms with Crippen molar-refractivity contribution in [2.45, 2.75) is 184 Å². The number of hydrogen-bond donors (Lipinski definition) is 3. The summed E-state index contributed by atoms with van der Waals surface area (Å²) in [6.07, 6.45) is 5.95. The van der Waals surface area contributed by atoms with E-state index >= 15 is 0 Å². The third-order valence-corrected chi connectivity index (χ3v) is 11.2. The molecule has 4 rings (SSSR count). The summed E-state index contributed by atoms with van der Waals surface area (Å²) < 4.78 is 47.3. The molecule has 328 valence electrons. The lowest BCUT2D eigenvalue weighted by atomic mass is 9.74. The van der Waals surface area contributed by atoms with E-state index in [0.29, 0.717) is 25.7 Å². The van der Waals surface area contributed by atoms with Crippen molar-refractivity contribution in [3.05, 3.63) is 36.5 Å². The van der Waals surface area contributed by atoms with Gasteiger partial charge in [0.15, 0.2) is 12.4 Å². The van der Waals surface area contributed by atoms with Gasteiger partial charge in [-0.3, -0.25) is 14.4 Å². The zero-order valence-corrected chi connectivity index (χ0v) is 34.7. The van der Waals surface area contributed by atoms with E-state index in [4.69, 9.17) is 37.9 Å². The van der Waals surface area contributed by atoms with Crippen molar-refractivity contribution in [1.82, 2.24) is 0 Å². The summed E-state index contributed by atoms with van der Waals surface area (Å²) >= 11 is 0. The van der Waals surface area contributed by atoms with Crippen molar-refractivity contribution in [1.29, 1.82) is 0 Å². The van der Waals surface area contributed by atoms with Crippen LogP contribution in [0.4, 0.5) is 0 Å². The monoisotopic (exact) mass is 822 g/mol. The lowest BCUT2D eigenvalue weighted by Crippen LogP contribution is -2.62. The molecule has 6 bridgehead atoms. The van der Waals surface area contributed by atoms with Crippen LogP contribution in [0.2, 0.25) is 0 Å². The fourth-order valence-corrected chi connectivity index (χ4v) is 8.08. The van der Waals surface area contributed by atoms with Crippen molar-refractivity contribution in [3.63, 3.8) is 0 Å². The number of methoxy groups -OCH3 is 1. The highest BCUT2D eigenvalue weighted by atomic mass is 16.7. The Bertz CT molecular complexity index is 1430. The van der Waals surface area contributed by atoms with Gasteiger partial charge in [-0.25, -0.2) is 4.79 Å². The van der Waals surface area contributed by atoms with Crippen molar-refractivity contribution < 1.29 is 72.4 Å². The fraction of sp³-hybridized carbons (Fsp3) is 0.767. The molecule has 4 aliphatic rings. The number of rotatable bonds is 13. The zero-order chi connectivity index (χ0) is 42.3. The van der Waals surface area contributed by atoms with Crippen LogP contribution in [0.1, 0.15) is 124 Å². The van der Waals surface area contributed by atoms with Gasteiger partial charge in [-0.2, -0.15) is 0 Å². The van der Waals surface area contributed by atoms with Crippen LogP contribution in [0, 0.1) is 5.41 Å². The minimum Gasteiger partial charge on any atom is -0.466 e. The van der Waals surface area contributed by atoms with Crippen LogP contribution in [0.15, 0.2) is 36.5 Å². The highest BCUT2D eigenvalue weighted by molar-refractivity contribution is 5.83. The summed E-state index contributed by atoms with van der Waals surface area (Å²) in [5, 5.41) is 34.0. The summed E-state index contributed by atoms with van der Waals surface area (Å²) in [5.41, 5.74) is -1.22. The second kappa shape index (κ2) is 23.0. The Morgan fingerprint density at radius 1 is 0.931 bits per heavy atom. The molecule has 0 aromatic rings. The van der Waals surface area contributed by atoms with E-state index in [2.05, 4.69) is 13.5 Å². The van der Waals surface area contributed by atoms with Crippen molar-refractivity contribution >= 4 is 23.9 Å². The predicted molar refractivity (Wildman–Crippen MR) is 209 cm³/mol. The van der Waals surface area contributed by atoms with Crippen LogP contribution in [0.3, 0.4) is 0 Å². The Morgan fingerprint density at radius 3 is 2.36 bits per heavy atom. The smallest absolute Gasteiger partial charge is 0.330 e. The van der Waals surface area contributed by atoms with Crippen LogP contribution in [-0.4, -0.2) is 120 Å². The first-order valence-corrected chi connectivity index (χ1v) is 21.0. The predicted octanol–water partition coefficient (Wildman–Crippen LogP) is 4.81. The van der Waals surface area contributed by atoms with Gasteiger partial charge in [0, 0.05) is 43.6 Å². The van der Waals surface area contributed by atoms with Gasteiger partial charge in [-0.15, -0.1) is 0 Å². The molecular formula is C43H66O15. The first-order chi connectivity index (χ1) is 27.7. The molecule has 10 atom stereocenters. The molecule has 0 aromatic carbocycles. The van der Waals surface area contributed by atoms with Gasteiger partial charge in [0.25, 0.3) is 0 Å². The Hall–Kier alpha value is -3.18. The van der Waals surface area contributed by atoms with Gasteiger partial charge in [0.05, 0.1) is 63.2 Å². The molecule has 0 aliphatic carbocycles. The summed E-state index contributed by atoms with van der Waals surface area (Å²) in [4.78, 5) is 52.0. The van der Waals surface area contributed by atoms with E-state index < -0.39 is 84.6 Å². The molecule has 3 N–H and O–H groups in total. The number of hydrogen-bond acceptors (Lipinski definition) is 15. The summed E-state index contributed by atoms with van der Waals surface area (Å²) in [6, 6.07) is 0. The maximum atomic E-state index is 13.4. The van der Waals surface area contributed by atoms with Gasteiger partial charge < -0.3 is 53.2 Å². The molecule has 4 aliphatic heterocycles. The second-order valence-electron chi connectivity index (χ2n) is 16.5. The van der Waals surface area contributed by atoms with Crippen molar-refractivity contribution in [2.24, 2.45) is 5.41 Å². The standard InChI is InChI=1S/C43H66O15/c1-6-8-9-10-11-15-36(46)57-41-28(20-37(47)51-5)19-34-25-35(27-44)54-39(49)22-29(45)21-30-13-12-14-31(53-30)23-32-24-33(26-38(48)52-18-7-2)56-40(55-32)16-17-42(3,4)43(41,50)58-34/h7,16-17,20,29-35,40-41,44-45,50H,2,6,8-15,18-19,21-27H2,1,3-5H3/b17-16+,28-20+/t29-,30+,31-,32-,33-,34+,35+,40-,41+,43-/m1/s1. The largest absolute Gasteiger partial charge is 0.466 e. The van der Waals surface area contributed by atoms with E-state index in [1.807, 2.05) is 0 Å². The summed E-state index contributed by atoms with van der Waals surface area (Å²) in [6.45, 7) is 8.47. The maximum Gasteiger partial charge on any atom is 0.330 e. The van der Waals surface area contributed by atoms with E-state index in [1.54, 1.807) is 26.0 Å². The van der Waals surface area contributed by atoms with Crippen molar-refractivity contribution in [2.75, 3.05) is 20.3 Å². The van der Waals surface area contributed by atoms with E-state index in [-0.39, 0.29) is 62.9 Å². The van der Waals surface area contributed by atoms with Gasteiger partial charge in [0.1, 0.15) is 12.7 Å². The lowest BCUT2D eigenvalue weighted by molar-refractivity contribution is -0.327. The molecule has 0 radical (unpaired) electrons. The number of fused-ring (bicyclic) bond motifs is 6. The first-order valence-electron chi connectivity index (χ1n) is 21.0. The average Bonchev–Trinajstić information content (AvgIpc) is 3.16. The SMILES string of the molecule is C=CCOC(=O)C[C@H]1C[C@H]2C[C@H]3CCC[C@@H](C[C@@H](O)CC(=O)O[C@H](CO)C[C@@H]4C/C(=C\C(=O)OC)[C@H](OC(=O)CCCCCCC)[C@@](O)(O4)C(C)(C)/C=C/[C@H](O2)O1)O3. The van der Waals surface area contributed by atoms with Crippen LogP contribution in [0.5, 0.6) is 0 Å². The van der Waals surface area contributed by atoms with E-state index in [1.165, 1.54) is 13.2 Å². The van der Waals surface area contributed by atoms with Crippen LogP contribution in [-0.2, 0) is 57.1 Å². The third-order valence-electron chi connectivity index (χ3n) is 11.2. The van der Waals surface area contributed by atoms with Gasteiger partial charge in [-0.05, 0) is 43.8 Å². The Morgan fingerprint density at radius 2 is 1.66 bits per heavy atom. The molecular weight excluding hydrogens is 756 g/mol. The number of ether oxygens (including phenoxy) is 8. The number of carbonyl (C=O) groups is 4. The molecule has 58 heavy (non-hydrogen) atoms. The second-order valence-corrected chi connectivity index (χ2v) is 16.5. The Labute approximate surface area is 342 Å². The van der Waals surface area contributed by atoms with Gasteiger partial charge in [0.2, 0.25) is 5.79 Å². The molecule has 3 saturated heterocycles. The highest BCUT2D eigenvalue weighted by Crippen LogP contribution is 2.47. The van der Waals surface area contributed by atoms with E-state index in [9.17, 15) is 34.5 Å². The van der Waals surface area contributed by atoms with Crippen LogP contribution >= 0.6 is 0 Å². The molecule has 0 saturated carbocycles. The van der Waals surface area contributed by atoms with Crippen LogP contribution < -0.4 is 0 Å². The number of aliphatic hydroxyl groups is 3. The molecule has 0 amide bonds. The maximum absolute atomic E-state index is 13.4. The number of carbonyl (C=O) groups excluding carboxylic acids is 4. The minimum absolute atomic E-state index is 0.0449. The number of cyclic esters (lactones) is 1. The Balaban J connectivity index is 1.74. The zero-order valence-electron chi connectivity index (χ0n) is 34.7. The summed E-state index contributed by atoms with van der Waals surface area (Å²) in [7, 11) is 1.20. The van der Waals surface area contributed by atoms with Gasteiger partial charge in [-0.1, -0.05) is 65.2 Å².